The first kappa shape index (κ1) is 70.8. The van der Waals surface area contributed by atoms with E-state index in [-0.39, 0.29) is 81.1 Å². The lowest BCUT2D eigenvalue weighted by Gasteiger charge is -2.34. The first-order valence-corrected chi connectivity index (χ1v) is 36.5. The quantitative estimate of drug-likeness (QED) is 0.0522. The summed E-state index contributed by atoms with van der Waals surface area (Å²) in [6, 6.07) is 17.1. The lowest BCUT2D eigenvalue weighted by molar-refractivity contribution is 0.180. The van der Waals surface area contributed by atoms with Crippen molar-refractivity contribution in [3.05, 3.63) is 178 Å². The Hall–Kier alpha value is -9.61. The van der Waals surface area contributed by atoms with Crippen molar-refractivity contribution in [3.8, 4) is 12.1 Å². The summed E-state index contributed by atoms with van der Waals surface area (Å²) in [4.78, 5) is 61.8. The smallest absolute Gasteiger partial charge is 0.317 e. The number of hydrogen-bond donors (Lipinski definition) is 8. The lowest BCUT2D eigenvalue weighted by Crippen LogP contribution is -2.45. The van der Waals surface area contributed by atoms with Gasteiger partial charge in [0.25, 0.3) is 0 Å². The molecule has 102 heavy (non-hydrogen) atoms. The standard InChI is InChI=1S/2C19H20FN5O.C18H20BrFN4O.C17H19BrFN5O/c1-11-8-16-14(18(24-23-16)12-4-2-5-12)10-25(11)19(26)22-15-7-3-6-13(9-21)17(15)20;1-11-7-17-15(18(24-23-17)12-3-2-4-12)10-25(11)19(26)22-14-5-6-16(20)13(8-14)9-21;1-10-8-15-12(17(23-22-15)11-4-2-5-11)9-24(10)18(25)21-14-7-3-6-13(19)16(14)20;1-9-7-13-11(15(23-22-13)10-3-2-4-10)8-24(9)17(25)21-12-5-6-20-16(18)14(12)19/h3,6-7,11-12H,2,4-5,8,10H2,1H3,(H,22,26)(H,23,24);5-6,8,11-12H,2-4,7,10H2,1H3,(H,22,26)(H,23,24);3,6-7,10-11H,2,4-5,8-9H2,1H3,(H,21,25)(H,22,23);5-6,9-10H,2-4,7-8H2,1H3,(H,22,23)(H,20,21,25). The Labute approximate surface area is 604 Å². The second-order valence-corrected chi connectivity index (χ2v) is 29.5. The number of carbonyl (C=O) groups excluding carboxylic acids is 4. The van der Waals surface area contributed by atoms with E-state index < -0.39 is 23.3 Å². The van der Waals surface area contributed by atoms with Crippen molar-refractivity contribution in [2.45, 2.75) is 204 Å². The van der Waals surface area contributed by atoms with Crippen LogP contribution in [-0.2, 0) is 51.9 Å². The highest BCUT2D eigenvalue weighted by Gasteiger charge is 2.39. The molecule has 0 saturated heterocycles. The van der Waals surface area contributed by atoms with Crippen molar-refractivity contribution in [1.29, 1.82) is 10.5 Å². The number of nitrogens with zero attached hydrogens (tertiary/aromatic N) is 11. The summed E-state index contributed by atoms with van der Waals surface area (Å²) < 4.78 is 56.3. The largest absolute Gasteiger partial charge is 0.322 e. The first-order chi connectivity index (χ1) is 49.2. The summed E-state index contributed by atoms with van der Waals surface area (Å²) >= 11 is 6.18. The zero-order valence-corrected chi connectivity index (χ0v) is 60.1. The van der Waals surface area contributed by atoms with Crippen LogP contribution in [0.5, 0.6) is 0 Å². The highest BCUT2D eigenvalue weighted by Crippen LogP contribution is 2.44. The summed E-state index contributed by atoms with van der Waals surface area (Å²) in [5, 5.41) is 59.2. The number of amides is 8. The van der Waals surface area contributed by atoms with Crippen molar-refractivity contribution in [2.24, 2.45) is 0 Å². The van der Waals surface area contributed by atoms with Gasteiger partial charge in [0.15, 0.2) is 17.5 Å². The van der Waals surface area contributed by atoms with Gasteiger partial charge >= 0.3 is 24.1 Å². The van der Waals surface area contributed by atoms with Gasteiger partial charge in [-0.1, -0.05) is 37.8 Å². The summed E-state index contributed by atoms with van der Waals surface area (Å²) in [5.74, 6) is -0.314. The number of nitrogens with one attached hydrogen (secondary N) is 8. The molecule has 16 rings (SSSR count). The molecule has 4 aliphatic carbocycles. The minimum atomic E-state index is -0.702. The van der Waals surface area contributed by atoms with Crippen LogP contribution in [-0.4, -0.2) is 114 Å². The van der Waals surface area contributed by atoms with Gasteiger partial charge in [-0.25, -0.2) is 41.7 Å². The van der Waals surface area contributed by atoms with Crippen molar-refractivity contribution < 1.29 is 36.7 Å². The highest BCUT2D eigenvalue weighted by atomic mass is 79.9. The van der Waals surface area contributed by atoms with Crippen molar-refractivity contribution >= 4 is 78.7 Å². The van der Waals surface area contributed by atoms with Crippen LogP contribution in [0.1, 0.15) is 207 Å². The zero-order chi connectivity index (χ0) is 71.6. The van der Waals surface area contributed by atoms with Crippen LogP contribution in [0.15, 0.2) is 75.9 Å². The van der Waals surface area contributed by atoms with E-state index in [0.29, 0.717) is 66.4 Å². The number of nitriles is 2. The van der Waals surface area contributed by atoms with Gasteiger partial charge in [0.2, 0.25) is 0 Å². The molecule has 0 bridgehead atoms. The SMILES string of the molecule is CC1Cc2[nH]nc(C3CCC3)c2CN1C(=O)Nc1ccc(F)c(C#N)c1.CC1Cc2[nH]nc(C3CCC3)c2CN1C(=O)Nc1cccc(Br)c1F.CC1Cc2[nH]nc(C3CCC3)c2CN1C(=O)Nc1cccc(C#N)c1F.CC1Cc2[nH]nc(C3CCC3)c2CN1C(=O)Nc1ccnc(Br)c1F. The van der Waals surface area contributed by atoms with Crippen LogP contribution < -0.4 is 21.3 Å². The number of fused-ring (bicyclic) bond motifs is 4. The van der Waals surface area contributed by atoms with Crippen molar-refractivity contribution in [3.63, 3.8) is 0 Å². The summed E-state index contributed by atoms with van der Waals surface area (Å²) in [6.07, 6.45) is 18.6. The molecule has 4 unspecified atom stereocenters. The lowest BCUT2D eigenvalue weighted by atomic mass is 9.80. The predicted octanol–water partition coefficient (Wildman–Crippen LogP) is 15.8. The molecule has 4 aliphatic heterocycles. The molecule has 532 valence electrons. The van der Waals surface area contributed by atoms with Gasteiger partial charge in [0.05, 0.1) is 81.6 Å². The molecular weight excluding hydrogens is 1440 g/mol. The number of aromatic amines is 4. The van der Waals surface area contributed by atoms with Crippen LogP contribution in [0.4, 0.5) is 59.5 Å². The van der Waals surface area contributed by atoms with E-state index in [1.165, 1.54) is 81.1 Å². The molecule has 5 aromatic heterocycles. The third-order valence-electron chi connectivity index (χ3n) is 21.4. The number of carbonyl (C=O) groups is 4. The maximum atomic E-state index is 14.2. The average Bonchev–Trinajstić information content (AvgIpc) is 1.61. The maximum Gasteiger partial charge on any atom is 0.322 e. The fourth-order valence-corrected chi connectivity index (χ4v) is 15.1. The Morgan fingerprint density at radius 3 is 1.18 bits per heavy atom. The Balaban J connectivity index is 0.000000121. The fourth-order valence-electron chi connectivity index (χ4n) is 14.4. The van der Waals surface area contributed by atoms with Crippen LogP contribution in [0.3, 0.4) is 0 Å². The number of benzene rings is 3. The van der Waals surface area contributed by atoms with E-state index >= 15 is 0 Å². The molecule has 0 spiro atoms. The Morgan fingerprint density at radius 1 is 0.461 bits per heavy atom. The van der Waals surface area contributed by atoms with Crippen molar-refractivity contribution in [2.75, 3.05) is 21.3 Å². The van der Waals surface area contributed by atoms with E-state index in [0.717, 1.165) is 126 Å². The van der Waals surface area contributed by atoms with Gasteiger partial charge in [0.1, 0.15) is 22.6 Å². The van der Waals surface area contributed by atoms with Gasteiger partial charge in [-0.2, -0.15) is 30.9 Å². The number of hydrogen-bond acceptors (Lipinski definition) is 11. The molecular formula is C73H79Br2F4N19O4. The fraction of sp³-hybridized carbons (Fsp3) is 0.438. The zero-order valence-electron chi connectivity index (χ0n) is 56.9. The number of rotatable bonds is 8. The number of pyridine rings is 1. The number of H-pyrrole nitrogens is 4. The monoisotopic (exact) mass is 1520 g/mol. The van der Waals surface area contributed by atoms with E-state index in [2.05, 4.69) is 98.9 Å². The Morgan fingerprint density at radius 2 is 0.814 bits per heavy atom. The van der Waals surface area contributed by atoms with Gasteiger partial charge in [-0.05, 0) is 159 Å². The van der Waals surface area contributed by atoms with Gasteiger partial charge < -0.3 is 40.9 Å². The molecule has 8 aromatic rings. The summed E-state index contributed by atoms with van der Waals surface area (Å²) in [6.45, 7) is 9.95. The second kappa shape index (κ2) is 30.5. The van der Waals surface area contributed by atoms with Crippen LogP contribution in [0, 0.1) is 45.9 Å². The third-order valence-corrected chi connectivity index (χ3v) is 22.5. The van der Waals surface area contributed by atoms with Gasteiger partial charge in [-0.3, -0.25) is 20.4 Å². The normalized spacial score (nSPS) is 19.8. The van der Waals surface area contributed by atoms with Crippen LogP contribution >= 0.6 is 31.9 Å². The number of halogens is 6. The summed E-state index contributed by atoms with van der Waals surface area (Å²) in [7, 11) is 0. The number of urea groups is 4. The maximum absolute atomic E-state index is 14.2. The molecule has 4 saturated carbocycles. The molecule has 4 fully saturated rings. The van der Waals surface area contributed by atoms with E-state index in [1.807, 2.05) is 27.7 Å². The molecule has 29 heteroatoms. The molecule has 0 radical (unpaired) electrons. The molecule has 9 heterocycles. The number of aromatic nitrogens is 9. The minimum absolute atomic E-state index is 0.00975. The first-order valence-electron chi connectivity index (χ1n) is 34.9. The van der Waals surface area contributed by atoms with E-state index in [4.69, 9.17) is 10.5 Å². The van der Waals surface area contributed by atoms with Crippen molar-refractivity contribution in [1.82, 2.24) is 65.4 Å². The Bertz CT molecular complexity index is 4420. The summed E-state index contributed by atoms with van der Waals surface area (Å²) in [5.41, 5.74) is 14.0. The second-order valence-electron chi connectivity index (χ2n) is 27.9. The molecule has 3 aromatic carbocycles. The van der Waals surface area contributed by atoms with Gasteiger partial charge in [-0.15, -0.1) is 0 Å². The molecule has 8 N–H and O–H groups in total. The molecule has 8 amide bonds. The average molecular weight is 1520 g/mol. The predicted molar refractivity (Wildman–Crippen MR) is 380 cm³/mol. The van der Waals surface area contributed by atoms with Crippen LogP contribution in [0.25, 0.3) is 0 Å². The number of anilines is 4. The van der Waals surface area contributed by atoms with E-state index in [1.54, 1.807) is 56.0 Å². The van der Waals surface area contributed by atoms with Crippen LogP contribution in [0.2, 0.25) is 0 Å². The van der Waals surface area contributed by atoms with E-state index in [9.17, 15) is 36.7 Å². The van der Waals surface area contributed by atoms with Gasteiger partial charge in [0, 0.05) is 130 Å². The third kappa shape index (κ3) is 14.7. The molecule has 8 aliphatic rings. The molecule has 4 atom stereocenters. The minimum Gasteiger partial charge on any atom is -0.317 e. The highest BCUT2D eigenvalue weighted by molar-refractivity contribution is 9.10. The molecule has 23 nitrogen and oxygen atoms in total. The Kier molecular flexibility index (Phi) is 21.2. The topological polar surface area (TPSA) is 305 Å².